The molecule has 2 atom stereocenters. The van der Waals surface area contributed by atoms with Gasteiger partial charge in [0.1, 0.15) is 5.75 Å². The first-order chi connectivity index (χ1) is 15.8. The first-order valence-electron chi connectivity index (χ1n) is 11.2. The monoisotopic (exact) mass is 437 g/mol. The summed E-state index contributed by atoms with van der Waals surface area (Å²) >= 11 is 0. The van der Waals surface area contributed by atoms with Gasteiger partial charge in [-0.2, -0.15) is 0 Å². The molecule has 164 valence electrons. The molecule has 2 bridgehead atoms. The van der Waals surface area contributed by atoms with E-state index in [9.17, 15) is 14.4 Å². The molecule has 3 aliphatic carbocycles. The van der Waals surface area contributed by atoms with Crippen molar-refractivity contribution in [2.75, 3.05) is 4.90 Å². The minimum Gasteiger partial charge on any atom is -0.427 e. The van der Waals surface area contributed by atoms with Crippen molar-refractivity contribution in [1.29, 1.82) is 0 Å². The van der Waals surface area contributed by atoms with Crippen LogP contribution >= 0.6 is 0 Å². The number of imide groups is 1. The largest absolute Gasteiger partial charge is 0.427 e. The summed E-state index contributed by atoms with van der Waals surface area (Å²) in [5.41, 5.74) is 3.65. The summed E-state index contributed by atoms with van der Waals surface area (Å²) in [6.07, 6.45) is 0. The minimum atomic E-state index is -0.620. The van der Waals surface area contributed by atoms with Gasteiger partial charge in [0.05, 0.1) is 17.5 Å². The van der Waals surface area contributed by atoms with E-state index in [-0.39, 0.29) is 11.8 Å². The van der Waals surface area contributed by atoms with Gasteiger partial charge in [-0.1, -0.05) is 68.4 Å². The molecule has 1 fully saturated rings. The number of amides is 2. The molecule has 1 aliphatic heterocycles. The van der Waals surface area contributed by atoms with Crippen molar-refractivity contribution in [2.45, 2.75) is 31.6 Å². The second kappa shape index (κ2) is 6.41. The number of benzene rings is 3. The summed E-state index contributed by atoms with van der Waals surface area (Å²) in [6.45, 7) is 5.53. The van der Waals surface area contributed by atoms with Gasteiger partial charge in [-0.25, -0.2) is 4.90 Å². The Morgan fingerprint density at radius 3 is 1.64 bits per heavy atom. The highest BCUT2D eigenvalue weighted by atomic mass is 16.5. The summed E-state index contributed by atoms with van der Waals surface area (Å²) in [6, 6.07) is 23.1. The van der Waals surface area contributed by atoms with Crippen molar-refractivity contribution in [3.05, 3.63) is 95.1 Å². The molecule has 0 saturated carbocycles. The maximum atomic E-state index is 14.0. The molecule has 7 rings (SSSR count). The lowest BCUT2D eigenvalue weighted by atomic mass is 9.42. The Bertz CT molecular complexity index is 1250. The van der Waals surface area contributed by atoms with Crippen molar-refractivity contribution in [3.63, 3.8) is 0 Å². The molecule has 2 amide bonds. The predicted molar refractivity (Wildman–Crippen MR) is 123 cm³/mol. The lowest BCUT2D eigenvalue weighted by Gasteiger charge is -2.57. The second-order valence-corrected chi connectivity index (χ2v) is 9.55. The number of ether oxygens (including phenoxy) is 1. The number of hydrogen-bond acceptors (Lipinski definition) is 4. The van der Waals surface area contributed by atoms with Crippen LogP contribution in [0.4, 0.5) is 5.69 Å². The Morgan fingerprint density at radius 2 is 1.21 bits per heavy atom. The highest BCUT2D eigenvalue weighted by Gasteiger charge is 2.70. The quantitative estimate of drug-likeness (QED) is 0.340. The Labute approximate surface area is 192 Å². The van der Waals surface area contributed by atoms with Gasteiger partial charge in [0.2, 0.25) is 11.8 Å². The van der Waals surface area contributed by atoms with Crippen LogP contribution in [0.3, 0.4) is 0 Å². The van der Waals surface area contributed by atoms with Crippen molar-refractivity contribution in [1.82, 2.24) is 0 Å². The van der Waals surface area contributed by atoms with Crippen molar-refractivity contribution in [3.8, 4) is 5.75 Å². The third kappa shape index (κ3) is 2.29. The standard InChI is InChI=1S/C28H23NO4/c1-16(30)33-18-10-8-9-17(15-18)29-25(31)23-24(26(29)32)28(3)21-13-6-4-11-19(21)27(23,2)20-12-5-7-14-22(20)28/h4-15,23-24H,1-3H3. The average Bonchev–Trinajstić information content (AvgIpc) is 3.08. The van der Waals surface area contributed by atoms with E-state index in [1.165, 1.54) is 11.8 Å². The smallest absolute Gasteiger partial charge is 0.308 e. The Hall–Kier alpha value is -3.73. The van der Waals surface area contributed by atoms with Gasteiger partial charge in [0.25, 0.3) is 0 Å². The fourth-order valence-electron chi connectivity index (χ4n) is 6.68. The lowest BCUT2D eigenvalue weighted by Crippen LogP contribution is -2.59. The Kier molecular flexibility index (Phi) is 3.87. The Balaban J connectivity index is 1.58. The van der Waals surface area contributed by atoms with Crippen LogP contribution in [0.15, 0.2) is 72.8 Å². The molecule has 2 unspecified atom stereocenters. The van der Waals surface area contributed by atoms with Crippen LogP contribution in [0.5, 0.6) is 5.75 Å². The van der Waals surface area contributed by atoms with Gasteiger partial charge >= 0.3 is 5.97 Å². The number of carbonyl (C=O) groups is 3. The maximum absolute atomic E-state index is 14.0. The van der Waals surface area contributed by atoms with E-state index in [2.05, 4.69) is 38.1 Å². The van der Waals surface area contributed by atoms with E-state index in [0.717, 1.165) is 22.3 Å². The summed E-state index contributed by atoms with van der Waals surface area (Å²) in [7, 11) is 0. The van der Waals surface area contributed by atoms with Crippen LogP contribution in [-0.4, -0.2) is 17.8 Å². The molecular weight excluding hydrogens is 414 g/mol. The average molecular weight is 437 g/mol. The molecule has 4 aliphatic rings. The van der Waals surface area contributed by atoms with E-state index < -0.39 is 28.6 Å². The zero-order valence-electron chi connectivity index (χ0n) is 18.7. The fourth-order valence-corrected chi connectivity index (χ4v) is 6.68. The molecule has 0 N–H and O–H groups in total. The number of rotatable bonds is 2. The molecule has 0 spiro atoms. The molecule has 1 saturated heterocycles. The summed E-state index contributed by atoms with van der Waals surface area (Å²) in [5, 5.41) is 0. The molecule has 3 aromatic carbocycles. The highest BCUT2D eigenvalue weighted by Crippen LogP contribution is 2.66. The van der Waals surface area contributed by atoms with E-state index in [1.807, 2.05) is 24.3 Å². The number of hydrogen-bond donors (Lipinski definition) is 0. The number of esters is 1. The SMILES string of the molecule is CC(=O)Oc1cccc(N2C(=O)C3C(C2=O)C2(C)c4ccccc4C3(C)c3ccccc32)c1. The van der Waals surface area contributed by atoms with Crippen LogP contribution in [0, 0.1) is 11.8 Å². The topological polar surface area (TPSA) is 63.7 Å². The van der Waals surface area contributed by atoms with E-state index in [4.69, 9.17) is 4.74 Å². The predicted octanol–water partition coefficient (Wildman–Crippen LogP) is 4.36. The molecule has 33 heavy (non-hydrogen) atoms. The van der Waals surface area contributed by atoms with Crippen LogP contribution in [0.2, 0.25) is 0 Å². The van der Waals surface area contributed by atoms with E-state index in [1.54, 1.807) is 24.3 Å². The number of anilines is 1. The first-order valence-corrected chi connectivity index (χ1v) is 11.2. The molecule has 1 heterocycles. The number of carbonyl (C=O) groups excluding carboxylic acids is 3. The maximum Gasteiger partial charge on any atom is 0.308 e. The summed E-state index contributed by atoms with van der Waals surface area (Å²) in [4.78, 5) is 40.8. The second-order valence-electron chi connectivity index (χ2n) is 9.55. The van der Waals surface area contributed by atoms with Gasteiger partial charge in [0.15, 0.2) is 0 Å². The van der Waals surface area contributed by atoms with Gasteiger partial charge in [-0.05, 0) is 34.4 Å². The minimum absolute atomic E-state index is 0.206. The Morgan fingerprint density at radius 1 is 0.758 bits per heavy atom. The van der Waals surface area contributed by atoms with Crippen LogP contribution < -0.4 is 9.64 Å². The number of nitrogens with zero attached hydrogens (tertiary/aromatic N) is 1. The van der Waals surface area contributed by atoms with Gasteiger partial charge in [-0.15, -0.1) is 0 Å². The zero-order chi connectivity index (χ0) is 23.1. The van der Waals surface area contributed by atoms with E-state index in [0.29, 0.717) is 11.4 Å². The molecule has 5 nitrogen and oxygen atoms in total. The summed E-state index contributed by atoms with van der Waals surface area (Å²) in [5.74, 6) is -1.59. The normalized spacial score (nSPS) is 28.9. The van der Waals surface area contributed by atoms with Crippen LogP contribution in [0.1, 0.15) is 43.0 Å². The van der Waals surface area contributed by atoms with Crippen LogP contribution in [-0.2, 0) is 25.2 Å². The van der Waals surface area contributed by atoms with E-state index >= 15 is 0 Å². The van der Waals surface area contributed by atoms with Crippen molar-refractivity contribution in [2.24, 2.45) is 11.8 Å². The van der Waals surface area contributed by atoms with Crippen LogP contribution in [0.25, 0.3) is 0 Å². The van der Waals surface area contributed by atoms with Gasteiger partial charge in [0, 0.05) is 23.8 Å². The molecule has 5 heteroatoms. The highest BCUT2D eigenvalue weighted by molar-refractivity contribution is 6.24. The molecule has 3 aromatic rings. The van der Waals surface area contributed by atoms with Crippen molar-refractivity contribution < 1.29 is 19.1 Å². The molecule has 0 aromatic heterocycles. The zero-order valence-corrected chi connectivity index (χ0v) is 18.7. The van der Waals surface area contributed by atoms with Crippen molar-refractivity contribution >= 4 is 23.5 Å². The van der Waals surface area contributed by atoms with Gasteiger partial charge < -0.3 is 4.74 Å². The first kappa shape index (κ1) is 19.9. The molecular formula is C28H23NO4. The lowest BCUT2D eigenvalue weighted by molar-refractivity contribution is -0.132. The molecule has 0 radical (unpaired) electrons. The third-order valence-corrected chi connectivity index (χ3v) is 7.98. The fraction of sp³-hybridized carbons (Fsp3) is 0.250. The van der Waals surface area contributed by atoms with Gasteiger partial charge in [-0.3, -0.25) is 14.4 Å². The summed E-state index contributed by atoms with van der Waals surface area (Å²) < 4.78 is 5.21. The third-order valence-electron chi connectivity index (χ3n) is 7.98.